The number of hydrogen-bond donors (Lipinski definition) is 1. The fraction of sp³-hybridized carbons (Fsp3) is 0.500. The third kappa shape index (κ3) is 4.46. The Bertz CT molecular complexity index is 426. The van der Waals surface area contributed by atoms with E-state index in [1.54, 1.807) is 24.3 Å². The van der Waals surface area contributed by atoms with Gasteiger partial charge in [-0.3, -0.25) is 0 Å². The standard InChI is InChI=1S/C12H19NO3S/c1-2-7-16-8-9-17(14,15)12-5-3-11(10-13)4-6-12/h3-6H,2,7-10,13H2,1H3. The number of benzene rings is 1. The monoisotopic (exact) mass is 257 g/mol. The van der Waals surface area contributed by atoms with Gasteiger partial charge in [-0.1, -0.05) is 19.1 Å². The van der Waals surface area contributed by atoms with Gasteiger partial charge in [-0.25, -0.2) is 8.42 Å². The van der Waals surface area contributed by atoms with Gasteiger partial charge in [-0.05, 0) is 24.1 Å². The molecule has 0 radical (unpaired) electrons. The summed E-state index contributed by atoms with van der Waals surface area (Å²) in [5, 5.41) is 0. The number of rotatable bonds is 7. The first-order valence-corrected chi connectivity index (χ1v) is 7.35. The van der Waals surface area contributed by atoms with Crippen LogP contribution in [0.3, 0.4) is 0 Å². The van der Waals surface area contributed by atoms with Gasteiger partial charge in [-0.2, -0.15) is 0 Å². The van der Waals surface area contributed by atoms with E-state index < -0.39 is 9.84 Å². The minimum Gasteiger partial charge on any atom is -0.380 e. The molecule has 2 N–H and O–H groups in total. The minimum absolute atomic E-state index is 0.0228. The van der Waals surface area contributed by atoms with Crippen LogP contribution in [0.4, 0.5) is 0 Å². The highest BCUT2D eigenvalue weighted by molar-refractivity contribution is 7.91. The first-order chi connectivity index (χ1) is 8.10. The van der Waals surface area contributed by atoms with E-state index in [-0.39, 0.29) is 12.4 Å². The molecule has 5 heteroatoms. The van der Waals surface area contributed by atoms with E-state index in [0.29, 0.717) is 18.0 Å². The van der Waals surface area contributed by atoms with Crippen molar-refractivity contribution in [3.63, 3.8) is 0 Å². The molecule has 0 amide bonds. The average Bonchev–Trinajstić information content (AvgIpc) is 2.35. The first-order valence-electron chi connectivity index (χ1n) is 5.69. The van der Waals surface area contributed by atoms with Gasteiger partial charge in [0.05, 0.1) is 17.3 Å². The van der Waals surface area contributed by atoms with Gasteiger partial charge < -0.3 is 10.5 Å². The summed E-state index contributed by atoms with van der Waals surface area (Å²) >= 11 is 0. The highest BCUT2D eigenvalue weighted by Gasteiger charge is 2.13. The van der Waals surface area contributed by atoms with Crippen LogP contribution in [-0.2, 0) is 21.1 Å². The lowest BCUT2D eigenvalue weighted by atomic mass is 10.2. The summed E-state index contributed by atoms with van der Waals surface area (Å²) in [6.45, 7) is 3.25. The van der Waals surface area contributed by atoms with Crippen molar-refractivity contribution in [2.75, 3.05) is 19.0 Å². The van der Waals surface area contributed by atoms with Gasteiger partial charge in [0.2, 0.25) is 0 Å². The van der Waals surface area contributed by atoms with Crippen LogP contribution >= 0.6 is 0 Å². The Labute approximate surface area is 103 Å². The van der Waals surface area contributed by atoms with Crippen molar-refractivity contribution in [2.45, 2.75) is 24.8 Å². The molecule has 1 rings (SSSR count). The van der Waals surface area contributed by atoms with E-state index in [2.05, 4.69) is 0 Å². The largest absolute Gasteiger partial charge is 0.380 e. The Morgan fingerprint density at radius 3 is 2.35 bits per heavy atom. The lowest BCUT2D eigenvalue weighted by Gasteiger charge is -2.06. The van der Waals surface area contributed by atoms with Gasteiger partial charge in [0.1, 0.15) is 0 Å². The minimum atomic E-state index is -3.23. The Balaban J connectivity index is 2.62. The highest BCUT2D eigenvalue weighted by atomic mass is 32.2. The van der Waals surface area contributed by atoms with Crippen molar-refractivity contribution in [3.8, 4) is 0 Å². The lowest BCUT2D eigenvalue weighted by molar-refractivity contribution is 0.149. The number of nitrogens with two attached hydrogens (primary N) is 1. The molecule has 0 heterocycles. The van der Waals surface area contributed by atoms with Gasteiger partial charge in [0.25, 0.3) is 0 Å². The molecule has 0 aliphatic carbocycles. The molecule has 0 aliphatic heterocycles. The number of sulfone groups is 1. The summed E-state index contributed by atoms with van der Waals surface area (Å²) in [6, 6.07) is 6.66. The summed E-state index contributed by atoms with van der Waals surface area (Å²) in [6.07, 6.45) is 0.894. The van der Waals surface area contributed by atoms with E-state index in [9.17, 15) is 8.42 Å². The van der Waals surface area contributed by atoms with Crippen LogP contribution in [0, 0.1) is 0 Å². The molecule has 0 aromatic heterocycles. The second kappa shape index (κ2) is 6.74. The zero-order valence-corrected chi connectivity index (χ0v) is 10.9. The summed E-state index contributed by atoms with van der Waals surface area (Å²) in [5.74, 6) is 0.0228. The lowest BCUT2D eigenvalue weighted by Crippen LogP contribution is -2.13. The Kier molecular flexibility index (Phi) is 5.61. The molecule has 96 valence electrons. The van der Waals surface area contributed by atoms with E-state index in [1.807, 2.05) is 6.92 Å². The Morgan fingerprint density at radius 2 is 1.82 bits per heavy atom. The maximum absolute atomic E-state index is 11.9. The summed E-state index contributed by atoms with van der Waals surface area (Å²) < 4.78 is 29.0. The predicted octanol–water partition coefficient (Wildman–Crippen LogP) is 1.35. The van der Waals surface area contributed by atoms with Gasteiger partial charge >= 0.3 is 0 Å². The normalized spacial score (nSPS) is 11.6. The van der Waals surface area contributed by atoms with Crippen LogP contribution in [0.2, 0.25) is 0 Å². The second-order valence-electron chi connectivity index (χ2n) is 3.78. The molecular weight excluding hydrogens is 238 g/mol. The van der Waals surface area contributed by atoms with Crippen molar-refractivity contribution in [3.05, 3.63) is 29.8 Å². The maximum atomic E-state index is 11.9. The number of hydrogen-bond acceptors (Lipinski definition) is 4. The van der Waals surface area contributed by atoms with Gasteiger partial charge in [0.15, 0.2) is 9.84 Å². The molecule has 0 saturated carbocycles. The SMILES string of the molecule is CCCOCCS(=O)(=O)c1ccc(CN)cc1. The molecule has 0 unspecified atom stereocenters. The Hall–Kier alpha value is -0.910. The zero-order valence-electron chi connectivity index (χ0n) is 10.1. The average molecular weight is 257 g/mol. The summed E-state index contributed by atoms with van der Waals surface area (Å²) in [4.78, 5) is 0.329. The topological polar surface area (TPSA) is 69.4 Å². The summed E-state index contributed by atoms with van der Waals surface area (Å²) in [5.41, 5.74) is 6.38. The highest BCUT2D eigenvalue weighted by Crippen LogP contribution is 2.12. The first kappa shape index (κ1) is 14.2. The van der Waals surface area contributed by atoms with Crippen LogP contribution in [0.1, 0.15) is 18.9 Å². The van der Waals surface area contributed by atoms with E-state index in [1.165, 1.54) is 0 Å². The van der Waals surface area contributed by atoms with Crippen LogP contribution in [0.5, 0.6) is 0 Å². The molecule has 0 bridgehead atoms. The van der Waals surface area contributed by atoms with Crippen molar-refractivity contribution >= 4 is 9.84 Å². The van der Waals surface area contributed by atoms with Crippen LogP contribution in [-0.4, -0.2) is 27.4 Å². The molecule has 1 aromatic carbocycles. The second-order valence-corrected chi connectivity index (χ2v) is 5.89. The van der Waals surface area contributed by atoms with Crippen molar-refractivity contribution in [2.24, 2.45) is 5.73 Å². The molecule has 0 spiro atoms. The van der Waals surface area contributed by atoms with Gasteiger partial charge in [-0.15, -0.1) is 0 Å². The zero-order chi connectivity index (χ0) is 12.7. The van der Waals surface area contributed by atoms with Crippen molar-refractivity contribution in [1.82, 2.24) is 0 Å². The fourth-order valence-electron chi connectivity index (χ4n) is 1.37. The van der Waals surface area contributed by atoms with E-state index >= 15 is 0 Å². The van der Waals surface area contributed by atoms with E-state index in [4.69, 9.17) is 10.5 Å². The third-order valence-corrected chi connectivity index (χ3v) is 4.06. The van der Waals surface area contributed by atoms with Crippen molar-refractivity contribution < 1.29 is 13.2 Å². The quantitative estimate of drug-likeness (QED) is 0.748. The van der Waals surface area contributed by atoms with Crippen LogP contribution in [0.25, 0.3) is 0 Å². The Morgan fingerprint density at radius 1 is 1.18 bits per heavy atom. The molecular formula is C12H19NO3S. The summed E-state index contributed by atoms with van der Waals surface area (Å²) in [7, 11) is -3.23. The van der Waals surface area contributed by atoms with E-state index in [0.717, 1.165) is 12.0 Å². The molecule has 0 fully saturated rings. The third-order valence-electron chi connectivity index (χ3n) is 2.36. The van der Waals surface area contributed by atoms with Crippen LogP contribution in [0.15, 0.2) is 29.2 Å². The molecule has 0 aliphatic rings. The molecule has 1 aromatic rings. The molecule has 0 saturated heterocycles. The molecule has 0 atom stereocenters. The molecule has 17 heavy (non-hydrogen) atoms. The fourth-order valence-corrected chi connectivity index (χ4v) is 2.49. The van der Waals surface area contributed by atoms with Crippen LogP contribution < -0.4 is 5.73 Å². The smallest absolute Gasteiger partial charge is 0.180 e. The molecule has 4 nitrogen and oxygen atoms in total. The van der Waals surface area contributed by atoms with Gasteiger partial charge in [0, 0.05) is 13.2 Å². The maximum Gasteiger partial charge on any atom is 0.180 e. The number of ether oxygens (including phenoxy) is 1. The van der Waals surface area contributed by atoms with Crippen molar-refractivity contribution in [1.29, 1.82) is 0 Å². The predicted molar refractivity (Wildman–Crippen MR) is 67.5 cm³/mol.